The Kier molecular flexibility index (Phi) is 8.76. The number of rotatable bonds is 10. The van der Waals surface area contributed by atoms with Gasteiger partial charge in [0.2, 0.25) is 0 Å². The van der Waals surface area contributed by atoms with Gasteiger partial charge in [0.25, 0.3) is 0 Å². The predicted molar refractivity (Wildman–Crippen MR) is 113 cm³/mol. The number of hydrogen-bond acceptors (Lipinski definition) is 6. The molecular formula is C23H30O8. The zero-order valence-electron chi connectivity index (χ0n) is 17.7. The molecule has 0 atom stereocenters. The van der Waals surface area contributed by atoms with Crippen LogP contribution in [0.4, 0.5) is 0 Å². The van der Waals surface area contributed by atoms with Crippen LogP contribution in [0.5, 0.6) is 0 Å². The second-order valence-electron chi connectivity index (χ2n) is 7.85. The Bertz CT molecular complexity index is 850. The molecule has 1 aliphatic rings. The second kappa shape index (κ2) is 11.1. The molecule has 8 heteroatoms. The van der Waals surface area contributed by atoms with E-state index in [-0.39, 0.29) is 61.2 Å². The average molecular weight is 434 g/mol. The SMILES string of the molecule is C=CC(=O)OCCc1c(C)c(C2CCC(CO)CC2)c(C(=O)O)c(C(=O)O)c1CCO. The highest BCUT2D eigenvalue weighted by Gasteiger charge is 2.33. The minimum absolute atomic E-state index is 0.0215. The lowest BCUT2D eigenvalue weighted by Gasteiger charge is -2.32. The minimum Gasteiger partial charge on any atom is -0.478 e. The second-order valence-corrected chi connectivity index (χ2v) is 7.85. The first-order valence-electron chi connectivity index (χ1n) is 10.4. The molecule has 1 aromatic rings. The van der Waals surface area contributed by atoms with Crippen molar-refractivity contribution in [3.8, 4) is 0 Å². The Morgan fingerprint density at radius 2 is 1.61 bits per heavy atom. The number of carbonyl (C=O) groups is 3. The first kappa shape index (κ1) is 24.6. The smallest absolute Gasteiger partial charge is 0.336 e. The summed E-state index contributed by atoms with van der Waals surface area (Å²) in [6, 6.07) is 0. The molecule has 0 saturated heterocycles. The van der Waals surface area contributed by atoms with Gasteiger partial charge in [0.05, 0.1) is 17.7 Å². The van der Waals surface area contributed by atoms with E-state index in [1.165, 1.54) is 0 Å². The van der Waals surface area contributed by atoms with E-state index >= 15 is 0 Å². The van der Waals surface area contributed by atoms with E-state index in [1.54, 1.807) is 6.92 Å². The lowest BCUT2D eigenvalue weighted by Crippen LogP contribution is -2.24. The highest BCUT2D eigenvalue weighted by Crippen LogP contribution is 2.42. The number of ether oxygens (including phenoxy) is 1. The summed E-state index contributed by atoms with van der Waals surface area (Å²) in [7, 11) is 0. The number of carboxylic acids is 2. The molecule has 0 radical (unpaired) electrons. The van der Waals surface area contributed by atoms with Crippen molar-refractivity contribution in [2.45, 2.75) is 51.4 Å². The van der Waals surface area contributed by atoms with Gasteiger partial charge in [0, 0.05) is 25.7 Å². The zero-order valence-corrected chi connectivity index (χ0v) is 17.7. The van der Waals surface area contributed by atoms with Gasteiger partial charge in [0.15, 0.2) is 0 Å². The summed E-state index contributed by atoms with van der Waals surface area (Å²) in [4.78, 5) is 35.8. The van der Waals surface area contributed by atoms with Crippen LogP contribution in [0.15, 0.2) is 12.7 Å². The van der Waals surface area contributed by atoms with Crippen LogP contribution >= 0.6 is 0 Å². The van der Waals surface area contributed by atoms with Crippen LogP contribution in [-0.4, -0.2) is 58.2 Å². The van der Waals surface area contributed by atoms with E-state index in [4.69, 9.17) is 4.74 Å². The average Bonchev–Trinajstić information content (AvgIpc) is 2.75. The van der Waals surface area contributed by atoms with Crippen LogP contribution in [0.1, 0.15) is 74.6 Å². The molecule has 4 N–H and O–H groups in total. The lowest BCUT2D eigenvalue weighted by molar-refractivity contribution is -0.137. The standard InChI is InChI=1S/C23H30O8/c1-3-18(26)31-11-9-16-13(2)19(15-6-4-14(12-25)5-7-15)21(23(29)30)20(22(27)28)17(16)8-10-24/h3,14-15,24-25H,1,4-12H2,2H3,(H,27,28)(H,29,30). The molecule has 0 spiro atoms. The molecule has 31 heavy (non-hydrogen) atoms. The highest BCUT2D eigenvalue weighted by atomic mass is 16.5. The maximum absolute atomic E-state index is 12.2. The summed E-state index contributed by atoms with van der Waals surface area (Å²) < 4.78 is 5.06. The third-order valence-electron chi connectivity index (χ3n) is 6.11. The molecule has 1 fully saturated rings. The molecule has 1 aromatic carbocycles. The van der Waals surface area contributed by atoms with Crippen molar-refractivity contribution in [3.63, 3.8) is 0 Å². The number of aliphatic hydroxyl groups excluding tert-OH is 2. The Labute approximate surface area is 181 Å². The normalized spacial score (nSPS) is 18.4. The molecule has 0 unspecified atom stereocenters. The fourth-order valence-corrected chi connectivity index (χ4v) is 4.65. The maximum atomic E-state index is 12.2. The summed E-state index contributed by atoms with van der Waals surface area (Å²) in [5.74, 6) is -3.27. The van der Waals surface area contributed by atoms with E-state index in [1.807, 2.05) is 0 Å². The quantitative estimate of drug-likeness (QED) is 0.325. The number of aliphatic hydroxyl groups is 2. The fraction of sp³-hybridized carbons (Fsp3) is 0.522. The number of aromatic carboxylic acids is 2. The molecule has 1 saturated carbocycles. The monoisotopic (exact) mass is 434 g/mol. The van der Waals surface area contributed by atoms with Gasteiger partial charge in [-0.2, -0.15) is 0 Å². The van der Waals surface area contributed by atoms with Crippen LogP contribution < -0.4 is 0 Å². The van der Waals surface area contributed by atoms with E-state index in [9.17, 15) is 34.8 Å². The first-order chi connectivity index (χ1) is 14.8. The summed E-state index contributed by atoms with van der Waals surface area (Å²) in [6.45, 7) is 4.81. The zero-order chi connectivity index (χ0) is 23.1. The molecule has 2 rings (SSSR count). The summed E-state index contributed by atoms with van der Waals surface area (Å²) in [5.41, 5.74) is 1.46. The van der Waals surface area contributed by atoms with Crippen molar-refractivity contribution in [2.75, 3.05) is 19.8 Å². The topological polar surface area (TPSA) is 141 Å². The number of esters is 1. The molecule has 8 nitrogen and oxygen atoms in total. The van der Waals surface area contributed by atoms with Crippen LogP contribution in [-0.2, 0) is 22.4 Å². The van der Waals surface area contributed by atoms with Crippen molar-refractivity contribution >= 4 is 17.9 Å². The van der Waals surface area contributed by atoms with Crippen molar-refractivity contribution in [3.05, 3.63) is 46.0 Å². The maximum Gasteiger partial charge on any atom is 0.336 e. The van der Waals surface area contributed by atoms with Crippen LogP contribution in [0, 0.1) is 12.8 Å². The van der Waals surface area contributed by atoms with Gasteiger partial charge in [-0.25, -0.2) is 14.4 Å². The minimum atomic E-state index is -1.37. The largest absolute Gasteiger partial charge is 0.478 e. The van der Waals surface area contributed by atoms with Gasteiger partial charge in [-0.3, -0.25) is 0 Å². The van der Waals surface area contributed by atoms with Crippen LogP contribution in [0.2, 0.25) is 0 Å². The van der Waals surface area contributed by atoms with Gasteiger partial charge in [-0.15, -0.1) is 0 Å². The lowest BCUT2D eigenvalue weighted by atomic mass is 9.73. The molecule has 0 heterocycles. The summed E-state index contributed by atoms with van der Waals surface area (Å²) in [5, 5.41) is 38.8. The van der Waals surface area contributed by atoms with Gasteiger partial charge in [0.1, 0.15) is 0 Å². The van der Waals surface area contributed by atoms with Gasteiger partial charge >= 0.3 is 17.9 Å². The first-order valence-corrected chi connectivity index (χ1v) is 10.4. The third-order valence-corrected chi connectivity index (χ3v) is 6.11. The molecule has 1 aliphatic carbocycles. The fourth-order valence-electron chi connectivity index (χ4n) is 4.65. The Morgan fingerprint density at radius 1 is 1.00 bits per heavy atom. The Hall–Kier alpha value is -2.71. The van der Waals surface area contributed by atoms with Crippen LogP contribution in [0.25, 0.3) is 0 Å². The van der Waals surface area contributed by atoms with Crippen molar-refractivity contribution < 1.29 is 39.5 Å². The van der Waals surface area contributed by atoms with Crippen molar-refractivity contribution in [1.82, 2.24) is 0 Å². The third kappa shape index (κ3) is 5.51. The molecule has 0 aliphatic heterocycles. The van der Waals surface area contributed by atoms with E-state index in [0.717, 1.165) is 18.9 Å². The van der Waals surface area contributed by atoms with Crippen LogP contribution in [0.3, 0.4) is 0 Å². The molecular weight excluding hydrogens is 404 g/mol. The molecule has 170 valence electrons. The number of hydrogen-bond donors (Lipinski definition) is 4. The van der Waals surface area contributed by atoms with Crippen molar-refractivity contribution in [2.24, 2.45) is 5.92 Å². The summed E-state index contributed by atoms with van der Waals surface area (Å²) >= 11 is 0. The molecule has 0 bridgehead atoms. The van der Waals surface area contributed by atoms with E-state index in [2.05, 4.69) is 6.58 Å². The number of benzene rings is 1. The van der Waals surface area contributed by atoms with Gasteiger partial charge in [-0.1, -0.05) is 6.58 Å². The van der Waals surface area contributed by atoms with E-state index < -0.39 is 17.9 Å². The van der Waals surface area contributed by atoms with Gasteiger partial charge < -0.3 is 25.2 Å². The predicted octanol–water partition coefficient (Wildman–Crippen LogP) is 2.46. The summed E-state index contributed by atoms with van der Waals surface area (Å²) in [6.07, 6.45) is 3.96. The number of carbonyl (C=O) groups excluding carboxylic acids is 1. The Balaban J connectivity index is 2.66. The van der Waals surface area contributed by atoms with E-state index in [0.29, 0.717) is 29.5 Å². The van der Waals surface area contributed by atoms with Gasteiger partial charge in [-0.05, 0) is 73.1 Å². The molecule has 0 aromatic heterocycles. The highest BCUT2D eigenvalue weighted by molar-refractivity contribution is 6.05. The number of carboxylic acid groups (broad SMARTS) is 2. The van der Waals surface area contributed by atoms with Crippen molar-refractivity contribution in [1.29, 1.82) is 0 Å². The molecule has 0 amide bonds. The Morgan fingerprint density at radius 3 is 2.10 bits per heavy atom.